The molecule has 0 radical (unpaired) electrons. The van der Waals surface area contributed by atoms with E-state index in [1.165, 1.54) is 6.08 Å². The molecule has 266 valence electrons. The van der Waals surface area contributed by atoms with E-state index < -0.39 is 11.4 Å². The quantitative estimate of drug-likeness (QED) is 0.149. The van der Waals surface area contributed by atoms with Crippen LogP contribution in [0.25, 0.3) is 38.9 Å². The predicted octanol–water partition coefficient (Wildman–Crippen LogP) is 6.47. The summed E-state index contributed by atoms with van der Waals surface area (Å²) in [4.78, 5) is 24.1. The largest absolute Gasteiger partial charge is 0.468 e. The number of halogens is 1. The number of aromatic nitrogens is 1. The average molecular weight is 694 g/mol. The van der Waals surface area contributed by atoms with Crippen LogP contribution in [0.1, 0.15) is 32.8 Å². The van der Waals surface area contributed by atoms with Gasteiger partial charge in [0.25, 0.3) is 0 Å². The molecular formula is C39H44FN7O4. The molecule has 1 aliphatic carbocycles. The van der Waals surface area contributed by atoms with Crippen LogP contribution in [0.5, 0.6) is 5.75 Å². The van der Waals surface area contributed by atoms with Gasteiger partial charge in [-0.25, -0.2) is 14.2 Å². The van der Waals surface area contributed by atoms with Crippen molar-refractivity contribution in [3.63, 3.8) is 0 Å². The molecule has 3 N–H and O–H groups in total. The van der Waals surface area contributed by atoms with Crippen molar-refractivity contribution in [3.8, 4) is 22.9 Å². The molecule has 4 heterocycles. The Morgan fingerprint density at radius 3 is 2.65 bits per heavy atom. The highest BCUT2D eigenvalue weighted by molar-refractivity contribution is 6.08. The molecule has 8 rings (SSSR count). The van der Waals surface area contributed by atoms with Gasteiger partial charge in [0.1, 0.15) is 16.9 Å². The van der Waals surface area contributed by atoms with E-state index in [0.717, 1.165) is 17.2 Å². The van der Waals surface area contributed by atoms with Gasteiger partial charge in [-0.3, -0.25) is 0 Å². The standard InChI is InChI=1S/C39H44FN7O4/c1-39(2,3)51-38(48)47-18-24-16-30(47)34(24)43-36-29-15-23(11-9-13-41)31(28-17-26(50-21-49-6)14-22-10-7-8-12-27(22)28)32(40)35(29)44-37(33(36)42)46-19-25(20-46)45(4)5/h7-12,14-15,17,24-25,30,34H,16,18-21,42H2,1-6H3,(H,43,44)/b11-9+. The second-order valence-electron chi connectivity index (χ2n) is 14.9. The van der Waals surface area contributed by atoms with Crippen LogP contribution in [0, 0.1) is 23.1 Å². The fourth-order valence-electron chi connectivity index (χ4n) is 7.50. The molecule has 1 aromatic heterocycles. The van der Waals surface area contributed by atoms with E-state index in [1.54, 1.807) is 24.2 Å². The Labute approximate surface area is 297 Å². The zero-order chi connectivity index (χ0) is 36.2. The van der Waals surface area contributed by atoms with Crippen LogP contribution in [0.4, 0.5) is 26.4 Å². The van der Waals surface area contributed by atoms with Crippen LogP contribution in [-0.4, -0.2) is 92.2 Å². The van der Waals surface area contributed by atoms with Crippen molar-refractivity contribution in [2.24, 2.45) is 5.92 Å². The zero-order valence-electron chi connectivity index (χ0n) is 29.9. The Kier molecular flexibility index (Phi) is 8.89. The Morgan fingerprint density at radius 2 is 1.94 bits per heavy atom. The Hall–Kier alpha value is -5.12. The number of amides is 1. The monoisotopic (exact) mass is 693 g/mol. The first kappa shape index (κ1) is 34.3. The number of rotatable bonds is 9. The maximum Gasteiger partial charge on any atom is 0.410 e. The third-order valence-corrected chi connectivity index (χ3v) is 10.2. The number of benzene rings is 3. The molecule has 51 heavy (non-hydrogen) atoms. The van der Waals surface area contributed by atoms with Gasteiger partial charge in [0.15, 0.2) is 18.4 Å². The topological polar surface area (TPSA) is 129 Å². The maximum absolute atomic E-state index is 17.6. The highest BCUT2D eigenvalue weighted by atomic mass is 19.1. The predicted molar refractivity (Wildman–Crippen MR) is 198 cm³/mol. The number of fused-ring (bicyclic) bond motifs is 3. The highest BCUT2D eigenvalue weighted by Crippen LogP contribution is 2.48. The molecule has 2 bridgehead atoms. The van der Waals surface area contributed by atoms with Crippen LogP contribution < -0.4 is 20.7 Å². The number of ether oxygens (including phenoxy) is 3. The summed E-state index contributed by atoms with van der Waals surface area (Å²) in [5.74, 6) is 0.656. The summed E-state index contributed by atoms with van der Waals surface area (Å²) >= 11 is 0. The third kappa shape index (κ3) is 6.25. The Balaban J connectivity index is 1.40. The molecule has 0 spiro atoms. The van der Waals surface area contributed by atoms with E-state index in [2.05, 4.69) is 21.2 Å². The molecule has 4 aliphatic rings. The van der Waals surface area contributed by atoms with Gasteiger partial charge in [-0.2, -0.15) is 5.26 Å². The summed E-state index contributed by atoms with van der Waals surface area (Å²) in [6, 6.07) is 15.4. The van der Waals surface area contributed by atoms with Gasteiger partial charge >= 0.3 is 6.09 Å². The number of nitrogens with two attached hydrogens (primary N) is 1. The number of nitrogens with one attached hydrogen (secondary N) is 1. The van der Waals surface area contributed by atoms with Gasteiger partial charge in [-0.05, 0) is 87.5 Å². The van der Waals surface area contributed by atoms with Crippen LogP contribution in [0.3, 0.4) is 0 Å². The lowest BCUT2D eigenvalue weighted by atomic mass is 9.79. The maximum atomic E-state index is 17.6. The van der Waals surface area contributed by atoms with Crippen LogP contribution >= 0.6 is 0 Å². The molecule has 4 fully saturated rings. The van der Waals surface area contributed by atoms with Crippen molar-refractivity contribution in [3.05, 3.63) is 59.9 Å². The molecule has 3 unspecified atom stereocenters. The number of allylic oxidation sites excluding steroid dienone is 1. The van der Waals surface area contributed by atoms with Crippen molar-refractivity contribution < 1.29 is 23.4 Å². The second kappa shape index (κ2) is 13.2. The third-order valence-electron chi connectivity index (χ3n) is 10.2. The molecule has 3 saturated heterocycles. The summed E-state index contributed by atoms with van der Waals surface area (Å²) in [5, 5.41) is 15.4. The number of hydrogen-bond donors (Lipinski definition) is 2. The minimum atomic E-state index is -0.613. The van der Waals surface area contributed by atoms with E-state index >= 15 is 4.39 Å². The SMILES string of the molecule is COCOc1cc(-c2c(/C=C/C#N)cc3c(NC4C5CC4N(C(=O)OC(C)(C)C)C5)c(N)c(N4CC(N(C)C)C4)nc3c2F)c2ccccc2c1. The van der Waals surface area contributed by atoms with E-state index in [-0.39, 0.29) is 42.0 Å². The number of pyridine rings is 1. The normalized spacial score (nSPS) is 20.2. The minimum absolute atomic E-state index is 0.0245. The fourth-order valence-corrected chi connectivity index (χ4v) is 7.50. The van der Waals surface area contributed by atoms with E-state index in [9.17, 15) is 10.1 Å². The number of nitrogens with zero attached hydrogens (tertiary/aromatic N) is 5. The first-order valence-corrected chi connectivity index (χ1v) is 17.2. The lowest BCUT2D eigenvalue weighted by Gasteiger charge is -2.44. The second-order valence-corrected chi connectivity index (χ2v) is 14.9. The number of nitrogen functional groups attached to an aromatic ring is 1. The van der Waals surface area contributed by atoms with Crippen LogP contribution in [0.15, 0.2) is 48.5 Å². The summed E-state index contributed by atoms with van der Waals surface area (Å²) in [6.07, 6.45) is 3.44. The molecule has 3 atom stereocenters. The minimum Gasteiger partial charge on any atom is -0.468 e. The molecular weight excluding hydrogens is 649 g/mol. The smallest absolute Gasteiger partial charge is 0.410 e. The molecule has 1 amide bonds. The summed E-state index contributed by atoms with van der Waals surface area (Å²) in [6.45, 7) is 7.54. The summed E-state index contributed by atoms with van der Waals surface area (Å²) in [5.41, 5.74) is 8.86. The number of likely N-dealkylation sites (N-methyl/N-ethyl adjacent to an activating group) is 1. The van der Waals surface area contributed by atoms with Crippen molar-refractivity contribution >= 4 is 51.0 Å². The first-order valence-electron chi connectivity index (χ1n) is 17.2. The van der Waals surface area contributed by atoms with Crippen molar-refractivity contribution in [1.82, 2.24) is 14.8 Å². The first-order chi connectivity index (χ1) is 24.4. The van der Waals surface area contributed by atoms with Gasteiger partial charge in [-0.1, -0.05) is 24.3 Å². The molecule has 11 nitrogen and oxygen atoms in total. The van der Waals surface area contributed by atoms with Gasteiger partial charge in [0.2, 0.25) is 0 Å². The number of hydrogen-bond acceptors (Lipinski definition) is 10. The lowest BCUT2D eigenvalue weighted by molar-refractivity contribution is 0.0239. The van der Waals surface area contributed by atoms with Crippen LogP contribution in [-0.2, 0) is 9.47 Å². The summed E-state index contributed by atoms with van der Waals surface area (Å²) in [7, 11) is 5.61. The van der Waals surface area contributed by atoms with E-state index in [0.29, 0.717) is 65.1 Å². The summed E-state index contributed by atoms with van der Waals surface area (Å²) < 4.78 is 34.3. The van der Waals surface area contributed by atoms with Gasteiger partial charge in [0, 0.05) is 55.7 Å². The molecule has 1 saturated carbocycles. The van der Waals surface area contributed by atoms with Crippen molar-refractivity contribution in [1.29, 1.82) is 5.26 Å². The number of carbonyl (C=O) groups is 1. The van der Waals surface area contributed by atoms with Crippen LogP contribution in [0.2, 0.25) is 0 Å². The van der Waals surface area contributed by atoms with Crippen molar-refractivity contribution in [2.75, 3.05) is 63.6 Å². The number of anilines is 3. The molecule has 4 aromatic rings. The lowest BCUT2D eigenvalue weighted by Crippen LogP contribution is -2.58. The zero-order valence-corrected chi connectivity index (χ0v) is 29.9. The fraction of sp³-hybridized carbons (Fsp3) is 0.410. The Morgan fingerprint density at radius 1 is 1.18 bits per heavy atom. The molecule has 12 heteroatoms. The highest BCUT2D eigenvalue weighted by Gasteiger charge is 2.55. The molecule has 3 aliphatic heterocycles. The Bertz CT molecular complexity index is 2080. The number of nitriles is 1. The van der Waals surface area contributed by atoms with E-state index in [4.69, 9.17) is 24.9 Å². The van der Waals surface area contributed by atoms with Gasteiger partial charge < -0.3 is 40.0 Å². The number of methoxy groups -OCH3 is 1. The van der Waals surface area contributed by atoms with E-state index in [1.807, 2.05) is 71.3 Å². The van der Waals surface area contributed by atoms with Crippen molar-refractivity contribution in [2.45, 2.75) is 50.9 Å². The molecule has 3 aromatic carbocycles. The number of carbonyl (C=O) groups excluding carboxylic acids is 1. The van der Waals surface area contributed by atoms with Gasteiger partial charge in [0.05, 0.1) is 29.5 Å². The average Bonchev–Trinajstić information content (AvgIpc) is 3.66. The van der Waals surface area contributed by atoms with Gasteiger partial charge in [-0.15, -0.1) is 0 Å².